The number of amides is 1. The lowest BCUT2D eigenvalue weighted by atomic mass is 9.88. The Morgan fingerprint density at radius 3 is 2.63 bits per heavy atom. The van der Waals surface area contributed by atoms with Crippen molar-refractivity contribution >= 4 is 5.91 Å². The van der Waals surface area contributed by atoms with Gasteiger partial charge in [-0.3, -0.25) is 4.79 Å². The van der Waals surface area contributed by atoms with Crippen LogP contribution in [0.4, 0.5) is 0 Å². The van der Waals surface area contributed by atoms with Crippen molar-refractivity contribution in [3.8, 4) is 5.75 Å². The highest BCUT2D eigenvalue weighted by Gasteiger charge is 2.33. The summed E-state index contributed by atoms with van der Waals surface area (Å²) < 4.78 is 5.13. The van der Waals surface area contributed by atoms with E-state index in [2.05, 4.69) is 12.2 Å². The normalized spacial score (nSPS) is 18.4. The Balaban J connectivity index is 1.80. The molecule has 0 aliphatic carbocycles. The summed E-state index contributed by atoms with van der Waals surface area (Å²) in [5.41, 5.74) is 6.85. The first kappa shape index (κ1) is 13.8. The molecule has 1 unspecified atom stereocenters. The number of nitrogens with two attached hydrogens (primary N) is 1. The average molecular weight is 264 g/mol. The molecule has 1 aliphatic heterocycles. The summed E-state index contributed by atoms with van der Waals surface area (Å²) >= 11 is 0. The fourth-order valence-electron chi connectivity index (χ4n) is 1.96. The summed E-state index contributed by atoms with van der Waals surface area (Å²) in [7, 11) is 0. The van der Waals surface area contributed by atoms with Gasteiger partial charge < -0.3 is 20.9 Å². The van der Waals surface area contributed by atoms with Gasteiger partial charge in [-0.2, -0.15) is 0 Å². The second-order valence-corrected chi connectivity index (χ2v) is 5.50. The number of hydrogen-bond donors (Lipinski definition) is 3. The standard InChI is InChI=1S/C14H20N2O3/c1-14(8-19-9-14)7-16-13(18)12(15)6-10-2-4-11(17)5-3-10/h2-5,12,17H,6-9,15H2,1H3,(H,16,18). The van der Waals surface area contributed by atoms with Gasteiger partial charge in [0.15, 0.2) is 0 Å². The number of nitrogens with one attached hydrogen (secondary N) is 1. The number of ether oxygens (including phenoxy) is 1. The minimum Gasteiger partial charge on any atom is -0.508 e. The molecule has 0 saturated carbocycles. The van der Waals surface area contributed by atoms with Gasteiger partial charge in [-0.15, -0.1) is 0 Å². The summed E-state index contributed by atoms with van der Waals surface area (Å²) in [5.74, 6) is 0.0564. The van der Waals surface area contributed by atoms with Gasteiger partial charge in [0.1, 0.15) is 5.75 Å². The van der Waals surface area contributed by atoms with Crippen molar-refractivity contribution in [2.24, 2.45) is 11.1 Å². The van der Waals surface area contributed by atoms with E-state index in [4.69, 9.17) is 10.5 Å². The van der Waals surface area contributed by atoms with E-state index >= 15 is 0 Å². The van der Waals surface area contributed by atoms with Crippen molar-refractivity contribution in [1.29, 1.82) is 0 Å². The SMILES string of the molecule is CC1(CNC(=O)C(N)Cc2ccc(O)cc2)COC1. The van der Waals surface area contributed by atoms with E-state index in [-0.39, 0.29) is 17.1 Å². The van der Waals surface area contributed by atoms with E-state index in [1.807, 2.05) is 0 Å². The summed E-state index contributed by atoms with van der Waals surface area (Å²) in [4.78, 5) is 11.9. The highest BCUT2D eigenvalue weighted by atomic mass is 16.5. The summed E-state index contributed by atoms with van der Waals surface area (Å²) in [6.45, 7) is 4.03. The van der Waals surface area contributed by atoms with Crippen LogP contribution in [0.3, 0.4) is 0 Å². The molecule has 5 nitrogen and oxygen atoms in total. The van der Waals surface area contributed by atoms with Crippen molar-refractivity contribution in [1.82, 2.24) is 5.32 Å². The minimum atomic E-state index is -0.575. The third-order valence-corrected chi connectivity index (χ3v) is 3.32. The smallest absolute Gasteiger partial charge is 0.237 e. The quantitative estimate of drug-likeness (QED) is 0.719. The zero-order valence-electron chi connectivity index (χ0n) is 11.1. The molecule has 104 valence electrons. The number of aromatic hydroxyl groups is 1. The van der Waals surface area contributed by atoms with Crippen LogP contribution in [0.2, 0.25) is 0 Å². The van der Waals surface area contributed by atoms with Gasteiger partial charge in [0.25, 0.3) is 0 Å². The van der Waals surface area contributed by atoms with Gasteiger partial charge in [-0.1, -0.05) is 19.1 Å². The van der Waals surface area contributed by atoms with Crippen LogP contribution in [-0.2, 0) is 16.0 Å². The Kier molecular flexibility index (Phi) is 4.07. The first-order chi connectivity index (χ1) is 8.98. The highest BCUT2D eigenvalue weighted by Crippen LogP contribution is 2.25. The third-order valence-electron chi connectivity index (χ3n) is 3.32. The Morgan fingerprint density at radius 2 is 2.11 bits per heavy atom. The molecular formula is C14H20N2O3. The van der Waals surface area contributed by atoms with Gasteiger partial charge >= 0.3 is 0 Å². The average Bonchev–Trinajstić information content (AvgIpc) is 2.36. The van der Waals surface area contributed by atoms with Gasteiger partial charge in [0, 0.05) is 12.0 Å². The van der Waals surface area contributed by atoms with Gasteiger partial charge in [0.05, 0.1) is 19.3 Å². The van der Waals surface area contributed by atoms with Crippen LogP contribution in [0.25, 0.3) is 0 Å². The fraction of sp³-hybridized carbons (Fsp3) is 0.500. The second-order valence-electron chi connectivity index (χ2n) is 5.50. The van der Waals surface area contributed by atoms with Crippen LogP contribution < -0.4 is 11.1 Å². The van der Waals surface area contributed by atoms with E-state index in [0.717, 1.165) is 5.56 Å². The molecule has 1 aromatic carbocycles. The first-order valence-electron chi connectivity index (χ1n) is 6.37. The van der Waals surface area contributed by atoms with Gasteiger partial charge in [0.2, 0.25) is 5.91 Å². The van der Waals surface area contributed by atoms with E-state index in [9.17, 15) is 9.90 Å². The largest absolute Gasteiger partial charge is 0.508 e. The minimum absolute atomic E-state index is 0.0495. The number of carbonyl (C=O) groups is 1. The maximum absolute atomic E-state index is 11.9. The maximum atomic E-state index is 11.9. The third kappa shape index (κ3) is 3.68. The number of benzene rings is 1. The van der Waals surface area contributed by atoms with E-state index in [0.29, 0.717) is 26.2 Å². The number of rotatable bonds is 5. The molecule has 1 aliphatic rings. The van der Waals surface area contributed by atoms with Crippen LogP contribution in [-0.4, -0.2) is 36.8 Å². The zero-order chi connectivity index (χ0) is 13.9. The molecule has 0 radical (unpaired) electrons. The van der Waals surface area contributed by atoms with Crippen molar-refractivity contribution in [2.45, 2.75) is 19.4 Å². The lowest BCUT2D eigenvalue weighted by Crippen LogP contribution is -2.51. The van der Waals surface area contributed by atoms with Crippen molar-refractivity contribution in [3.05, 3.63) is 29.8 Å². The summed E-state index contributed by atoms with van der Waals surface area (Å²) in [5, 5.41) is 12.0. The van der Waals surface area contributed by atoms with Crippen LogP contribution in [0, 0.1) is 5.41 Å². The van der Waals surface area contributed by atoms with Crippen molar-refractivity contribution < 1.29 is 14.6 Å². The summed E-state index contributed by atoms with van der Waals surface area (Å²) in [6, 6.07) is 6.14. The maximum Gasteiger partial charge on any atom is 0.237 e. The molecule has 2 rings (SSSR count). The Morgan fingerprint density at radius 1 is 1.47 bits per heavy atom. The van der Waals surface area contributed by atoms with Crippen LogP contribution in [0.1, 0.15) is 12.5 Å². The Bertz CT molecular complexity index is 441. The monoisotopic (exact) mass is 264 g/mol. The molecule has 4 N–H and O–H groups in total. The predicted octanol–water partition coefficient (Wildman–Crippen LogP) is 0.415. The van der Waals surface area contributed by atoms with Gasteiger partial charge in [-0.25, -0.2) is 0 Å². The number of carbonyl (C=O) groups excluding carboxylic acids is 1. The number of phenols is 1. The van der Waals surface area contributed by atoms with Crippen molar-refractivity contribution in [3.63, 3.8) is 0 Å². The van der Waals surface area contributed by atoms with E-state index < -0.39 is 6.04 Å². The molecule has 1 fully saturated rings. The molecule has 0 bridgehead atoms. The fourth-order valence-corrected chi connectivity index (χ4v) is 1.96. The predicted molar refractivity (Wildman–Crippen MR) is 71.7 cm³/mol. The molecule has 1 heterocycles. The molecular weight excluding hydrogens is 244 g/mol. The first-order valence-corrected chi connectivity index (χ1v) is 6.37. The summed E-state index contributed by atoms with van der Waals surface area (Å²) in [6.07, 6.45) is 0.458. The Hall–Kier alpha value is -1.59. The van der Waals surface area contributed by atoms with E-state index in [1.165, 1.54) is 0 Å². The van der Waals surface area contributed by atoms with Crippen molar-refractivity contribution in [2.75, 3.05) is 19.8 Å². The molecule has 0 aromatic heterocycles. The lowest BCUT2D eigenvalue weighted by Gasteiger charge is -2.38. The van der Waals surface area contributed by atoms with Crippen LogP contribution in [0.5, 0.6) is 5.75 Å². The molecule has 1 atom stereocenters. The highest BCUT2D eigenvalue weighted by molar-refractivity contribution is 5.81. The topological polar surface area (TPSA) is 84.6 Å². The van der Waals surface area contributed by atoms with Crippen LogP contribution >= 0.6 is 0 Å². The number of hydrogen-bond acceptors (Lipinski definition) is 4. The lowest BCUT2D eigenvalue weighted by molar-refractivity contribution is -0.127. The Labute approximate surface area is 112 Å². The molecule has 19 heavy (non-hydrogen) atoms. The zero-order valence-corrected chi connectivity index (χ0v) is 11.1. The molecule has 1 aromatic rings. The number of phenolic OH excluding ortho intramolecular Hbond substituents is 1. The van der Waals surface area contributed by atoms with Crippen LogP contribution in [0.15, 0.2) is 24.3 Å². The van der Waals surface area contributed by atoms with Gasteiger partial charge in [-0.05, 0) is 24.1 Å². The molecule has 5 heteroatoms. The molecule has 0 spiro atoms. The van der Waals surface area contributed by atoms with E-state index in [1.54, 1.807) is 24.3 Å². The second kappa shape index (κ2) is 5.59. The molecule has 1 amide bonds. The molecule has 1 saturated heterocycles.